The van der Waals surface area contributed by atoms with Crippen LogP contribution in [0.2, 0.25) is 0 Å². The molecule has 0 aliphatic heterocycles. The molecule has 0 fully saturated rings. The van der Waals surface area contributed by atoms with Crippen LogP contribution in [-0.4, -0.2) is 14.5 Å². The third kappa shape index (κ3) is 2.42. The molecule has 3 heterocycles. The third-order valence-electron chi connectivity index (χ3n) is 3.04. The molecule has 0 saturated heterocycles. The second-order valence-electron chi connectivity index (χ2n) is 4.32. The van der Waals surface area contributed by atoms with E-state index in [2.05, 4.69) is 48.1 Å². The molecule has 0 atom stereocenters. The van der Waals surface area contributed by atoms with E-state index in [1.165, 1.54) is 11.1 Å². The second kappa shape index (κ2) is 5.23. The Morgan fingerprint density at radius 3 is 2.95 bits per heavy atom. The van der Waals surface area contributed by atoms with Crippen LogP contribution in [0.25, 0.3) is 11.2 Å². The Morgan fingerprint density at radius 2 is 2.26 bits per heavy atom. The maximum Gasteiger partial charge on any atom is 0.160 e. The van der Waals surface area contributed by atoms with Gasteiger partial charge in [-0.2, -0.15) is 11.3 Å². The van der Waals surface area contributed by atoms with Crippen molar-refractivity contribution >= 4 is 50.0 Å². The van der Waals surface area contributed by atoms with Gasteiger partial charge in [-0.05, 0) is 50.8 Å². The van der Waals surface area contributed by atoms with Crippen LogP contribution in [0.15, 0.2) is 27.5 Å². The molecular formula is C13H11BrClN3S. The number of hydrogen-bond acceptors (Lipinski definition) is 3. The minimum Gasteiger partial charge on any atom is -0.307 e. The van der Waals surface area contributed by atoms with E-state index in [1.807, 2.05) is 6.07 Å². The van der Waals surface area contributed by atoms with Gasteiger partial charge < -0.3 is 4.57 Å². The van der Waals surface area contributed by atoms with Gasteiger partial charge in [0.1, 0.15) is 11.3 Å². The summed E-state index contributed by atoms with van der Waals surface area (Å²) in [5.41, 5.74) is 4.34. The van der Waals surface area contributed by atoms with Gasteiger partial charge in [-0.1, -0.05) is 0 Å². The zero-order chi connectivity index (χ0) is 13.4. The predicted octanol–water partition coefficient (Wildman–Crippen LogP) is 4.35. The normalized spacial score (nSPS) is 11.3. The standard InChI is InChI=1S/C13H11BrClN3S/c1-8-6-19-7-9(8)5-18-12(3-15)17-11-2-10(14)4-16-13(11)18/h2,4,6-7H,3,5H2,1H3. The first-order valence-electron chi connectivity index (χ1n) is 5.77. The Kier molecular flexibility index (Phi) is 3.60. The lowest BCUT2D eigenvalue weighted by Gasteiger charge is -2.06. The van der Waals surface area contributed by atoms with Crippen molar-refractivity contribution in [3.63, 3.8) is 0 Å². The monoisotopic (exact) mass is 355 g/mol. The Labute approximate surface area is 128 Å². The van der Waals surface area contributed by atoms with Crippen LogP contribution in [0.1, 0.15) is 17.0 Å². The molecule has 0 unspecified atom stereocenters. The molecule has 3 aromatic rings. The molecule has 0 aliphatic carbocycles. The molecule has 3 rings (SSSR count). The minimum atomic E-state index is 0.386. The third-order valence-corrected chi connectivity index (χ3v) is 4.62. The molecule has 0 aromatic carbocycles. The lowest BCUT2D eigenvalue weighted by Crippen LogP contribution is -2.04. The van der Waals surface area contributed by atoms with Crippen LogP contribution in [0, 0.1) is 6.92 Å². The van der Waals surface area contributed by atoms with Crippen LogP contribution < -0.4 is 0 Å². The van der Waals surface area contributed by atoms with Crippen molar-refractivity contribution in [1.29, 1.82) is 0 Å². The van der Waals surface area contributed by atoms with Gasteiger partial charge >= 0.3 is 0 Å². The van der Waals surface area contributed by atoms with Gasteiger partial charge in [-0.25, -0.2) is 9.97 Å². The Bertz CT molecular complexity index is 735. The van der Waals surface area contributed by atoms with E-state index < -0.39 is 0 Å². The highest BCUT2D eigenvalue weighted by atomic mass is 79.9. The summed E-state index contributed by atoms with van der Waals surface area (Å²) in [5, 5.41) is 4.32. The summed E-state index contributed by atoms with van der Waals surface area (Å²) in [6.07, 6.45) is 1.79. The van der Waals surface area contributed by atoms with Crippen LogP contribution in [0.4, 0.5) is 0 Å². The number of alkyl halides is 1. The second-order valence-corrected chi connectivity index (χ2v) is 6.25. The molecule has 3 aromatic heterocycles. The molecule has 6 heteroatoms. The van der Waals surface area contributed by atoms with Gasteiger partial charge in [-0.15, -0.1) is 11.6 Å². The van der Waals surface area contributed by atoms with E-state index in [0.717, 1.165) is 28.0 Å². The van der Waals surface area contributed by atoms with Gasteiger partial charge in [-0.3, -0.25) is 0 Å². The van der Waals surface area contributed by atoms with E-state index >= 15 is 0 Å². The molecule has 3 nitrogen and oxygen atoms in total. The summed E-state index contributed by atoms with van der Waals surface area (Å²) >= 11 is 11.1. The highest BCUT2D eigenvalue weighted by Crippen LogP contribution is 2.22. The van der Waals surface area contributed by atoms with Gasteiger partial charge in [0.25, 0.3) is 0 Å². The molecular weight excluding hydrogens is 346 g/mol. The van der Waals surface area contributed by atoms with Crippen molar-refractivity contribution in [2.45, 2.75) is 19.3 Å². The number of fused-ring (bicyclic) bond motifs is 1. The van der Waals surface area contributed by atoms with Crippen LogP contribution in [0.3, 0.4) is 0 Å². The number of rotatable bonds is 3. The molecule has 0 radical (unpaired) electrons. The molecule has 0 N–H and O–H groups in total. The summed E-state index contributed by atoms with van der Waals surface area (Å²) in [4.78, 5) is 9.00. The minimum absolute atomic E-state index is 0.386. The Balaban J connectivity index is 2.13. The summed E-state index contributed by atoms with van der Waals surface area (Å²) in [6, 6.07) is 1.97. The molecule has 0 spiro atoms. The van der Waals surface area contributed by atoms with Crippen molar-refractivity contribution in [2.75, 3.05) is 0 Å². The number of hydrogen-bond donors (Lipinski definition) is 0. The molecule has 0 amide bonds. The van der Waals surface area contributed by atoms with Crippen LogP contribution >= 0.6 is 38.9 Å². The van der Waals surface area contributed by atoms with Gasteiger partial charge in [0.05, 0.1) is 12.4 Å². The summed E-state index contributed by atoms with van der Waals surface area (Å²) in [5.74, 6) is 1.24. The fourth-order valence-electron chi connectivity index (χ4n) is 2.02. The predicted molar refractivity (Wildman–Crippen MR) is 82.9 cm³/mol. The molecule has 0 bridgehead atoms. The van der Waals surface area contributed by atoms with Gasteiger partial charge in [0.2, 0.25) is 0 Å². The van der Waals surface area contributed by atoms with Crippen molar-refractivity contribution in [3.8, 4) is 0 Å². The maximum atomic E-state index is 6.00. The van der Waals surface area contributed by atoms with Gasteiger partial charge in [0, 0.05) is 10.7 Å². The average Bonchev–Trinajstić information content (AvgIpc) is 2.94. The number of aromatic nitrogens is 3. The quantitative estimate of drug-likeness (QED) is 0.653. The fourth-order valence-corrected chi connectivity index (χ4v) is 3.39. The van der Waals surface area contributed by atoms with E-state index in [-0.39, 0.29) is 0 Å². The fraction of sp³-hybridized carbons (Fsp3) is 0.231. The Morgan fingerprint density at radius 1 is 1.42 bits per heavy atom. The zero-order valence-electron chi connectivity index (χ0n) is 10.2. The van der Waals surface area contributed by atoms with Crippen molar-refractivity contribution < 1.29 is 0 Å². The number of nitrogens with zero attached hydrogens (tertiary/aromatic N) is 3. The number of imidazole rings is 1. The van der Waals surface area contributed by atoms with Crippen molar-refractivity contribution in [1.82, 2.24) is 14.5 Å². The smallest absolute Gasteiger partial charge is 0.160 e. The van der Waals surface area contributed by atoms with E-state index in [0.29, 0.717) is 5.88 Å². The van der Waals surface area contributed by atoms with E-state index in [9.17, 15) is 0 Å². The number of halogens is 2. The lowest BCUT2D eigenvalue weighted by molar-refractivity contribution is 0.769. The summed E-state index contributed by atoms with van der Waals surface area (Å²) in [6.45, 7) is 2.89. The first-order valence-corrected chi connectivity index (χ1v) is 8.04. The SMILES string of the molecule is Cc1cscc1Cn1c(CCl)nc2cc(Br)cnc21. The zero-order valence-corrected chi connectivity index (χ0v) is 13.4. The van der Waals surface area contributed by atoms with Crippen molar-refractivity contribution in [2.24, 2.45) is 0 Å². The topological polar surface area (TPSA) is 30.7 Å². The molecule has 19 heavy (non-hydrogen) atoms. The van der Waals surface area contributed by atoms with E-state index in [1.54, 1.807) is 17.5 Å². The lowest BCUT2D eigenvalue weighted by atomic mass is 10.2. The molecule has 0 saturated carbocycles. The highest BCUT2D eigenvalue weighted by molar-refractivity contribution is 9.10. The summed E-state index contributed by atoms with van der Waals surface area (Å²) in [7, 11) is 0. The van der Waals surface area contributed by atoms with Crippen LogP contribution in [-0.2, 0) is 12.4 Å². The Hall–Kier alpha value is -0.910. The number of aryl methyl sites for hydroxylation is 1. The average molecular weight is 357 g/mol. The summed E-state index contributed by atoms with van der Waals surface area (Å²) < 4.78 is 3.02. The van der Waals surface area contributed by atoms with Crippen molar-refractivity contribution in [3.05, 3.63) is 44.4 Å². The van der Waals surface area contributed by atoms with Gasteiger partial charge in [0.15, 0.2) is 5.65 Å². The van der Waals surface area contributed by atoms with E-state index in [4.69, 9.17) is 11.6 Å². The number of thiophene rings is 1. The molecule has 98 valence electrons. The highest BCUT2D eigenvalue weighted by Gasteiger charge is 2.13. The largest absolute Gasteiger partial charge is 0.307 e. The van der Waals surface area contributed by atoms with Crippen LogP contribution in [0.5, 0.6) is 0 Å². The molecule has 0 aliphatic rings. The first-order chi connectivity index (χ1) is 9.19. The number of pyridine rings is 1. The first kappa shape index (κ1) is 13.1. The maximum absolute atomic E-state index is 6.00.